The monoisotopic (exact) mass is 286 g/mol. The smallest absolute Gasteiger partial charge is 0.0484 e. The molecule has 0 saturated carbocycles. The number of nitrogens with zero attached hydrogens (tertiary/aromatic N) is 1. The lowest BCUT2D eigenvalue weighted by Crippen LogP contribution is -2.42. The highest BCUT2D eigenvalue weighted by molar-refractivity contribution is 5.37. The molecule has 1 fully saturated rings. The fraction of sp³-hybridized carbons (Fsp3) is 0.684. The normalized spacial score (nSPS) is 28.0. The van der Waals surface area contributed by atoms with E-state index in [-0.39, 0.29) is 0 Å². The van der Waals surface area contributed by atoms with Gasteiger partial charge in [0.25, 0.3) is 0 Å². The Kier molecular flexibility index (Phi) is 4.37. The summed E-state index contributed by atoms with van der Waals surface area (Å²) in [5.74, 6) is 0. The van der Waals surface area contributed by atoms with Gasteiger partial charge in [-0.2, -0.15) is 0 Å². The lowest BCUT2D eigenvalue weighted by atomic mass is 9.82. The molecule has 2 atom stereocenters. The maximum atomic E-state index is 3.75. The second kappa shape index (κ2) is 6.10. The fourth-order valence-corrected chi connectivity index (χ4v) is 4.46. The fourth-order valence-electron chi connectivity index (χ4n) is 4.46. The Bertz CT molecular complexity index is 478. The number of hydrogen-bond acceptors (Lipinski definition) is 2. The molecule has 1 saturated heterocycles. The van der Waals surface area contributed by atoms with E-state index in [1.165, 1.54) is 44.3 Å². The molecule has 2 unspecified atom stereocenters. The molecule has 3 rings (SSSR count). The summed E-state index contributed by atoms with van der Waals surface area (Å²) in [5.41, 5.74) is 3.67. The molecule has 1 N–H and O–H groups in total. The van der Waals surface area contributed by atoms with Gasteiger partial charge in [-0.1, -0.05) is 45.0 Å². The number of fused-ring (bicyclic) bond motifs is 1. The van der Waals surface area contributed by atoms with Crippen molar-refractivity contribution in [1.82, 2.24) is 10.2 Å². The van der Waals surface area contributed by atoms with Gasteiger partial charge < -0.3 is 5.32 Å². The van der Waals surface area contributed by atoms with Gasteiger partial charge in [0.05, 0.1) is 0 Å². The van der Waals surface area contributed by atoms with E-state index in [2.05, 4.69) is 55.3 Å². The maximum Gasteiger partial charge on any atom is 0.0484 e. The molecule has 0 aromatic heterocycles. The van der Waals surface area contributed by atoms with Gasteiger partial charge in [0.15, 0.2) is 0 Å². The summed E-state index contributed by atoms with van der Waals surface area (Å²) in [6.07, 6.45) is 5.25. The Morgan fingerprint density at radius 3 is 2.62 bits per heavy atom. The number of hydrogen-bond donors (Lipinski definition) is 1. The number of nitrogens with one attached hydrogen (secondary N) is 1. The summed E-state index contributed by atoms with van der Waals surface area (Å²) < 4.78 is 0. The molecule has 1 aromatic carbocycles. The molecule has 2 nitrogen and oxygen atoms in total. The first-order chi connectivity index (χ1) is 10.2. The van der Waals surface area contributed by atoms with Crippen LogP contribution in [0.15, 0.2) is 24.3 Å². The van der Waals surface area contributed by atoms with Crippen LogP contribution in [0, 0.1) is 5.41 Å². The van der Waals surface area contributed by atoms with Crippen molar-refractivity contribution in [2.24, 2.45) is 5.41 Å². The van der Waals surface area contributed by atoms with Crippen LogP contribution in [0.3, 0.4) is 0 Å². The van der Waals surface area contributed by atoms with Crippen LogP contribution in [-0.2, 0) is 6.42 Å². The zero-order valence-electron chi connectivity index (χ0n) is 13.9. The quantitative estimate of drug-likeness (QED) is 0.886. The van der Waals surface area contributed by atoms with Gasteiger partial charge in [-0.15, -0.1) is 0 Å². The summed E-state index contributed by atoms with van der Waals surface area (Å²) in [6, 6.07) is 10.2. The van der Waals surface area contributed by atoms with Gasteiger partial charge in [-0.3, -0.25) is 4.90 Å². The predicted octanol–water partition coefficient (Wildman–Crippen LogP) is 3.77. The van der Waals surface area contributed by atoms with Crippen molar-refractivity contribution >= 4 is 0 Å². The van der Waals surface area contributed by atoms with Gasteiger partial charge in [0, 0.05) is 18.6 Å². The first kappa shape index (κ1) is 15.1. The number of benzene rings is 1. The van der Waals surface area contributed by atoms with Crippen molar-refractivity contribution in [1.29, 1.82) is 0 Å². The van der Waals surface area contributed by atoms with Crippen LogP contribution in [0.5, 0.6) is 0 Å². The van der Waals surface area contributed by atoms with E-state index in [4.69, 9.17) is 0 Å². The summed E-state index contributed by atoms with van der Waals surface area (Å²) in [6.45, 7) is 10.6. The molecule has 0 radical (unpaired) electrons. The van der Waals surface area contributed by atoms with Crippen molar-refractivity contribution in [3.05, 3.63) is 35.4 Å². The Labute approximate surface area is 129 Å². The van der Waals surface area contributed by atoms with Crippen LogP contribution >= 0.6 is 0 Å². The first-order valence-corrected chi connectivity index (χ1v) is 8.78. The summed E-state index contributed by atoms with van der Waals surface area (Å²) in [5, 5.41) is 3.75. The van der Waals surface area contributed by atoms with E-state index in [0.717, 1.165) is 6.54 Å². The third kappa shape index (κ3) is 2.64. The third-order valence-electron chi connectivity index (χ3n) is 6.06. The Morgan fingerprint density at radius 2 is 1.95 bits per heavy atom. The minimum absolute atomic E-state index is 0.524. The zero-order valence-corrected chi connectivity index (χ0v) is 13.9. The lowest BCUT2D eigenvalue weighted by molar-refractivity contribution is 0.170. The molecule has 0 amide bonds. The van der Waals surface area contributed by atoms with Crippen LogP contribution in [0.25, 0.3) is 0 Å². The minimum Gasteiger partial charge on any atom is -0.309 e. The lowest BCUT2D eigenvalue weighted by Gasteiger charge is -2.33. The molecule has 1 heterocycles. The maximum absolute atomic E-state index is 3.75. The van der Waals surface area contributed by atoms with E-state index >= 15 is 0 Å². The molecule has 21 heavy (non-hydrogen) atoms. The minimum atomic E-state index is 0.524. The average Bonchev–Trinajstić information content (AvgIpc) is 3.10. The zero-order chi connectivity index (χ0) is 14.9. The number of likely N-dealkylation sites (tertiary alicyclic amines) is 1. The Hall–Kier alpha value is -0.860. The number of rotatable bonds is 5. The Morgan fingerprint density at radius 1 is 1.19 bits per heavy atom. The molecule has 1 aliphatic heterocycles. The van der Waals surface area contributed by atoms with Crippen molar-refractivity contribution in [3.8, 4) is 0 Å². The Balaban J connectivity index is 1.80. The van der Waals surface area contributed by atoms with Crippen molar-refractivity contribution in [2.75, 3.05) is 19.6 Å². The molecule has 0 spiro atoms. The van der Waals surface area contributed by atoms with Crippen LogP contribution in [0.4, 0.5) is 0 Å². The highest BCUT2D eigenvalue weighted by atomic mass is 15.2. The second-order valence-corrected chi connectivity index (χ2v) is 6.93. The highest BCUT2D eigenvalue weighted by Gasteiger charge is 2.42. The van der Waals surface area contributed by atoms with E-state index < -0.39 is 0 Å². The van der Waals surface area contributed by atoms with Crippen LogP contribution < -0.4 is 5.32 Å². The topological polar surface area (TPSA) is 15.3 Å². The third-order valence-corrected chi connectivity index (χ3v) is 6.06. The molecular formula is C19H30N2. The molecule has 0 bridgehead atoms. The van der Waals surface area contributed by atoms with Crippen LogP contribution in [0.2, 0.25) is 0 Å². The van der Waals surface area contributed by atoms with Crippen molar-refractivity contribution < 1.29 is 0 Å². The van der Waals surface area contributed by atoms with Gasteiger partial charge >= 0.3 is 0 Å². The first-order valence-electron chi connectivity index (χ1n) is 8.78. The van der Waals surface area contributed by atoms with E-state index in [1.54, 1.807) is 5.56 Å². The molecule has 1 aliphatic carbocycles. The van der Waals surface area contributed by atoms with E-state index in [0.29, 0.717) is 17.5 Å². The highest BCUT2D eigenvalue weighted by Crippen LogP contribution is 2.42. The van der Waals surface area contributed by atoms with Crippen molar-refractivity contribution in [2.45, 2.75) is 58.5 Å². The summed E-state index contributed by atoms with van der Waals surface area (Å²) >= 11 is 0. The SMILES string of the molecule is CCNC1c2ccccc2CC1N1CCC(CC)(CC)C1. The summed E-state index contributed by atoms with van der Waals surface area (Å²) in [7, 11) is 0. The van der Waals surface area contributed by atoms with E-state index in [1.807, 2.05) is 0 Å². The predicted molar refractivity (Wildman–Crippen MR) is 89.6 cm³/mol. The van der Waals surface area contributed by atoms with Gasteiger partial charge in [-0.25, -0.2) is 0 Å². The van der Waals surface area contributed by atoms with Crippen molar-refractivity contribution in [3.63, 3.8) is 0 Å². The van der Waals surface area contributed by atoms with Gasteiger partial charge in [-0.05, 0) is 55.3 Å². The van der Waals surface area contributed by atoms with E-state index in [9.17, 15) is 0 Å². The molecule has 2 aliphatic rings. The standard InChI is InChI=1S/C19H30N2/c1-4-19(5-2)11-12-21(14-19)17-13-15-9-7-8-10-16(15)18(17)20-6-3/h7-10,17-18,20H,4-6,11-14H2,1-3H3. The van der Waals surface area contributed by atoms with Crippen LogP contribution in [-0.4, -0.2) is 30.6 Å². The van der Waals surface area contributed by atoms with Crippen LogP contribution in [0.1, 0.15) is 57.2 Å². The van der Waals surface area contributed by atoms with Gasteiger partial charge in [0.1, 0.15) is 0 Å². The summed E-state index contributed by atoms with van der Waals surface area (Å²) in [4.78, 5) is 2.78. The molecule has 2 heteroatoms. The number of likely N-dealkylation sites (N-methyl/N-ethyl adjacent to an activating group) is 1. The molecular weight excluding hydrogens is 256 g/mol. The molecule has 116 valence electrons. The second-order valence-electron chi connectivity index (χ2n) is 6.93. The molecule has 1 aromatic rings. The average molecular weight is 286 g/mol. The van der Waals surface area contributed by atoms with Gasteiger partial charge in [0.2, 0.25) is 0 Å². The largest absolute Gasteiger partial charge is 0.309 e.